The van der Waals surface area contributed by atoms with Crippen LogP contribution in [0, 0.1) is 6.92 Å². The van der Waals surface area contributed by atoms with E-state index in [-0.39, 0.29) is 5.91 Å². The van der Waals surface area contributed by atoms with Crippen LogP contribution in [0.1, 0.15) is 22.9 Å². The normalized spacial score (nSPS) is 12.0. The van der Waals surface area contributed by atoms with Gasteiger partial charge in [0.15, 0.2) is 0 Å². The van der Waals surface area contributed by atoms with E-state index in [2.05, 4.69) is 5.32 Å². The van der Waals surface area contributed by atoms with E-state index in [9.17, 15) is 4.79 Å². The molecule has 5 heteroatoms. The van der Waals surface area contributed by atoms with E-state index in [1.54, 1.807) is 13.4 Å². The summed E-state index contributed by atoms with van der Waals surface area (Å²) in [6.45, 7) is 2.50. The van der Waals surface area contributed by atoms with Gasteiger partial charge in [0.1, 0.15) is 17.6 Å². The van der Waals surface area contributed by atoms with Crippen molar-refractivity contribution in [3.05, 3.63) is 83.8 Å². The highest BCUT2D eigenvalue weighted by Crippen LogP contribution is 2.28. The first-order chi connectivity index (χ1) is 13.1. The highest BCUT2D eigenvalue weighted by molar-refractivity contribution is 5.96. The van der Waals surface area contributed by atoms with Crippen LogP contribution in [0.15, 0.2) is 71.3 Å². The molecule has 1 atom stereocenters. The van der Waals surface area contributed by atoms with E-state index in [0.717, 1.165) is 16.9 Å². The number of amides is 1. The maximum atomic E-state index is 13.2. The number of rotatable bonds is 7. The lowest BCUT2D eigenvalue weighted by Gasteiger charge is -2.27. The number of carbonyl (C=O) groups is 1. The van der Waals surface area contributed by atoms with Gasteiger partial charge in [-0.15, -0.1) is 0 Å². The standard InChI is InChI=1S/C22H24N2O3/c1-16-11-12-20(26-3)19(14-16)23-22(25)21(17-8-5-4-6-9-17)24(2)15-18-10-7-13-27-18/h4-14,21H,15H2,1-3H3,(H,23,25)/t21-/m1/s1. The Morgan fingerprint density at radius 1 is 1.15 bits per heavy atom. The fourth-order valence-corrected chi connectivity index (χ4v) is 3.10. The number of nitrogens with one attached hydrogen (secondary N) is 1. The van der Waals surface area contributed by atoms with E-state index in [4.69, 9.17) is 9.15 Å². The van der Waals surface area contributed by atoms with Crippen molar-refractivity contribution in [2.75, 3.05) is 19.5 Å². The monoisotopic (exact) mass is 364 g/mol. The van der Waals surface area contributed by atoms with Crippen molar-refractivity contribution in [3.8, 4) is 5.75 Å². The molecule has 0 unspecified atom stereocenters. The lowest BCUT2D eigenvalue weighted by atomic mass is 10.0. The largest absolute Gasteiger partial charge is 0.495 e. The highest BCUT2D eigenvalue weighted by Gasteiger charge is 2.26. The zero-order valence-corrected chi connectivity index (χ0v) is 15.8. The molecule has 0 aliphatic heterocycles. The van der Waals surface area contributed by atoms with Gasteiger partial charge in [-0.1, -0.05) is 36.4 Å². The maximum absolute atomic E-state index is 13.2. The van der Waals surface area contributed by atoms with Gasteiger partial charge in [-0.05, 0) is 49.4 Å². The topological polar surface area (TPSA) is 54.7 Å². The summed E-state index contributed by atoms with van der Waals surface area (Å²) in [5.74, 6) is 1.31. The molecule has 0 radical (unpaired) electrons. The van der Waals surface area contributed by atoms with E-state index < -0.39 is 6.04 Å². The molecule has 2 aromatic carbocycles. The van der Waals surface area contributed by atoms with E-state index in [0.29, 0.717) is 18.0 Å². The number of hydrogen-bond acceptors (Lipinski definition) is 4. The summed E-state index contributed by atoms with van der Waals surface area (Å²) in [6, 6.07) is 18.7. The number of furan rings is 1. The lowest BCUT2D eigenvalue weighted by molar-refractivity contribution is -0.121. The summed E-state index contributed by atoms with van der Waals surface area (Å²) >= 11 is 0. The van der Waals surface area contributed by atoms with Gasteiger partial charge in [0.2, 0.25) is 5.91 Å². The van der Waals surface area contributed by atoms with Crippen LogP contribution in [0.25, 0.3) is 0 Å². The van der Waals surface area contributed by atoms with E-state index in [1.165, 1.54) is 0 Å². The molecule has 0 bridgehead atoms. The second-order valence-corrected chi connectivity index (χ2v) is 6.50. The molecule has 0 spiro atoms. The quantitative estimate of drug-likeness (QED) is 0.675. The Bertz CT molecular complexity index is 876. The maximum Gasteiger partial charge on any atom is 0.246 e. The first-order valence-corrected chi connectivity index (χ1v) is 8.81. The summed E-state index contributed by atoms with van der Waals surface area (Å²) in [4.78, 5) is 15.2. The summed E-state index contributed by atoms with van der Waals surface area (Å²) in [5, 5.41) is 3.03. The van der Waals surface area contributed by atoms with Crippen molar-refractivity contribution in [2.45, 2.75) is 19.5 Å². The van der Waals surface area contributed by atoms with Crippen LogP contribution < -0.4 is 10.1 Å². The van der Waals surface area contributed by atoms with E-state index in [1.807, 2.05) is 79.5 Å². The van der Waals surface area contributed by atoms with Crippen molar-refractivity contribution >= 4 is 11.6 Å². The van der Waals surface area contributed by atoms with Crippen molar-refractivity contribution in [3.63, 3.8) is 0 Å². The summed E-state index contributed by atoms with van der Waals surface area (Å²) in [5.41, 5.74) is 2.62. The zero-order chi connectivity index (χ0) is 19.2. The molecule has 0 aliphatic rings. The number of hydrogen-bond donors (Lipinski definition) is 1. The number of anilines is 1. The second-order valence-electron chi connectivity index (χ2n) is 6.50. The molecule has 0 fully saturated rings. The van der Waals surface area contributed by atoms with Crippen molar-refractivity contribution < 1.29 is 13.9 Å². The Kier molecular flexibility index (Phi) is 5.94. The zero-order valence-electron chi connectivity index (χ0n) is 15.8. The van der Waals surface area contributed by atoms with Crippen LogP contribution in [-0.4, -0.2) is 25.0 Å². The molecule has 0 saturated carbocycles. The van der Waals surface area contributed by atoms with Crippen LogP contribution in [-0.2, 0) is 11.3 Å². The molecule has 1 heterocycles. The third kappa shape index (κ3) is 4.57. The van der Waals surface area contributed by atoms with Gasteiger partial charge in [0.25, 0.3) is 0 Å². The lowest BCUT2D eigenvalue weighted by Crippen LogP contribution is -2.34. The van der Waals surface area contributed by atoms with Gasteiger partial charge in [0.05, 0.1) is 25.6 Å². The molecule has 1 amide bonds. The van der Waals surface area contributed by atoms with Crippen LogP contribution in [0.3, 0.4) is 0 Å². The third-order valence-corrected chi connectivity index (χ3v) is 4.40. The predicted octanol–water partition coefficient (Wildman–Crippen LogP) is 4.41. The number of likely N-dealkylation sites (N-methyl/N-ethyl adjacent to an activating group) is 1. The Morgan fingerprint density at radius 2 is 1.93 bits per heavy atom. The Morgan fingerprint density at radius 3 is 2.59 bits per heavy atom. The van der Waals surface area contributed by atoms with Crippen LogP contribution in [0.2, 0.25) is 0 Å². The van der Waals surface area contributed by atoms with Crippen molar-refractivity contribution in [2.24, 2.45) is 0 Å². The number of carbonyl (C=O) groups excluding carboxylic acids is 1. The minimum atomic E-state index is -0.471. The predicted molar refractivity (Wildman–Crippen MR) is 106 cm³/mol. The highest BCUT2D eigenvalue weighted by atomic mass is 16.5. The van der Waals surface area contributed by atoms with Gasteiger partial charge >= 0.3 is 0 Å². The number of ether oxygens (including phenoxy) is 1. The summed E-state index contributed by atoms with van der Waals surface area (Å²) < 4.78 is 10.8. The number of methoxy groups -OCH3 is 1. The van der Waals surface area contributed by atoms with Crippen LogP contribution >= 0.6 is 0 Å². The summed E-state index contributed by atoms with van der Waals surface area (Å²) in [6.07, 6.45) is 1.64. The van der Waals surface area contributed by atoms with Crippen LogP contribution in [0.4, 0.5) is 5.69 Å². The SMILES string of the molecule is COc1ccc(C)cc1NC(=O)[C@@H](c1ccccc1)N(C)Cc1ccco1. The van der Waals surface area contributed by atoms with Crippen LogP contribution in [0.5, 0.6) is 5.75 Å². The molecule has 27 heavy (non-hydrogen) atoms. The molecule has 5 nitrogen and oxygen atoms in total. The minimum Gasteiger partial charge on any atom is -0.495 e. The van der Waals surface area contributed by atoms with Gasteiger partial charge in [-0.25, -0.2) is 0 Å². The van der Waals surface area contributed by atoms with Gasteiger partial charge in [-0.2, -0.15) is 0 Å². The molecular formula is C22H24N2O3. The summed E-state index contributed by atoms with van der Waals surface area (Å²) in [7, 11) is 3.51. The average Bonchev–Trinajstić information content (AvgIpc) is 3.16. The van der Waals surface area contributed by atoms with Gasteiger partial charge in [0, 0.05) is 0 Å². The smallest absolute Gasteiger partial charge is 0.246 e. The third-order valence-electron chi connectivity index (χ3n) is 4.40. The molecule has 1 N–H and O–H groups in total. The first kappa shape index (κ1) is 18.7. The Labute approximate surface area is 159 Å². The van der Waals surface area contributed by atoms with E-state index >= 15 is 0 Å². The average molecular weight is 364 g/mol. The van der Waals surface area contributed by atoms with Crippen molar-refractivity contribution in [1.29, 1.82) is 0 Å². The Balaban J connectivity index is 1.88. The molecule has 3 aromatic rings. The fraction of sp³-hybridized carbons (Fsp3) is 0.227. The molecule has 3 rings (SSSR count). The fourth-order valence-electron chi connectivity index (χ4n) is 3.10. The molecule has 140 valence electrons. The second kappa shape index (κ2) is 8.56. The Hall–Kier alpha value is -3.05. The number of benzene rings is 2. The van der Waals surface area contributed by atoms with Crippen molar-refractivity contribution in [1.82, 2.24) is 4.90 Å². The molecule has 0 aliphatic carbocycles. The minimum absolute atomic E-state index is 0.126. The molecule has 0 saturated heterocycles. The number of nitrogens with zero attached hydrogens (tertiary/aromatic N) is 1. The molecular weight excluding hydrogens is 340 g/mol. The van der Waals surface area contributed by atoms with Gasteiger partial charge < -0.3 is 14.5 Å². The van der Waals surface area contributed by atoms with Gasteiger partial charge in [-0.3, -0.25) is 9.69 Å². The first-order valence-electron chi connectivity index (χ1n) is 8.81. The number of aryl methyl sites for hydroxylation is 1. The molecule has 1 aromatic heterocycles.